The number of hydrogen-bond acceptors (Lipinski definition) is 6. The van der Waals surface area contributed by atoms with E-state index >= 15 is 0 Å². The van der Waals surface area contributed by atoms with E-state index < -0.39 is 11.7 Å². The Labute approximate surface area is 235 Å². The van der Waals surface area contributed by atoms with Crippen LogP contribution in [0.5, 0.6) is 0 Å². The summed E-state index contributed by atoms with van der Waals surface area (Å²) < 4.78 is 47.4. The number of fused-ring (bicyclic) bond motifs is 2. The fraction of sp³-hybridized carbons (Fsp3) is 0.258. The number of morpholine rings is 1. The van der Waals surface area contributed by atoms with Gasteiger partial charge >= 0.3 is 6.18 Å². The first-order valence-electron chi connectivity index (χ1n) is 13.5. The minimum absolute atomic E-state index is 0.577. The molecule has 0 saturated carbocycles. The topological polar surface area (TPSA) is 67.6 Å². The van der Waals surface area contributed by atoms with E-state index in [1.165, 1.54) is 12.1 Å². The maximum Gasteiger partial charge on any atom is 0.416 e. The van der Waals surface area contributed by atoms with Crippen molar-refractivity contribution in [1.29, 1.82) is 0 Å². The highest BCUT2D eigenvalue weighted by Gasteiger charge is 2.30. The number of ether oxygens (including phenoxy) is 1. The molecule has 1 N–H and O–H groups in total. The van der Waals surface area contributed by atoms with E-state index in [4.69, 9.17) is 14.7 Å². The van der Waals surface area contributed by atoms with Gasteiger partial charge in [-0.25, -0.2) is 4.98 Å². The van der Waals surface area contributed by atoms with Gasteiger partial charge in [0.1, 0.15) is 0 Å². The Bertz CT molecular complexity index is 1710. The molecular weight excluding hydrogens is 529 g/mol. The van der Waals surface area contributed by atoms with Gasteiger partial charge in [0.2, 0.25) is 0 Å². The quantitative estimate of drug-likeness (QED) is 0.266. The second-order valence-corrected chi connectivity index (χ2v) is 9.94. The molecule has 1 aromatic heterocycles. The largest absolute Gasteiger partial charge is 0.416 e. The van der Waals surface area contributed by atoms with Crippen LogP contribution in [0, 0.1) is 6.92 Å². The SMILES string of the molecule is Cc1ncccc1Nc1cc2nc3ccccc3n(-c3ccc(C(F)(F)F)cc3)c-2c/c1=N\CCN1CCOCC1. The molecule has 2 aromatic carbocycles. The molecule has 2 aliphatic heterocycles. The lowest BCUT2D eigenvalue weighted by molar-refractivity contribution is -0.137. The van der Waals surface area contributed by atoms with Crippen molar-refractivity contribution in [2.24, 2.45) is 4.99 Å². The zero-order valence-electron chi connectivity index (χ0n) is 22.5. The third-order valence-electron chi connectivity index (χ3n) is 7.23. The first-order valence-corrected chi connectivity index (χ1v) is 13.5. The van der Waals surface area contributed by atoms with Gasteiger partial charge < -0.3 is 14.6 Å². The van der Waals surface area contributed by atoms with E-state index in [1.54, 1.807) is 6.20 Å². The zero-order chi connectivity index (χ0) is 28.4. The molecule has 3 aliphatic rings. The van der Waals surface area contributed by atoms with Gasteiger partial charge in [-0.15, -0.1) is 0 Å². The van der Waals surface area contributed by atoms with Crippen molar-refractivity contribution in [3.63, 3.8) is 0 Å². The van der Waals surface area contributed by atoms with Gasteiger partial charge in [-0.3, -0.25) is 14.9 Å². The number of aromatic nitrogens is 3. The number of alkyl halides is 3. The van der Waals surface area contributed by atoms with Crippen molar-refractivity contribution in [2.75, 3.05) is 44.7 Å². The Balaban J connectivity index is 1.52. The maximum absolute atomic E-state index is 13.3. The third-order valence-corrected chi connectivity index (χ3v) is 7.23. The van der Waals surface area contributed by atoms with E-state index in [2.05, 4.69) is 15.2 Å². The molecule has 3 aromatic rings. The highest BCUT2D eigenvalue weighted by atomic mass is 19.4. The minimum atomic E-state index is -4.41. The molecule has 1 aliphatic carbocycles. The smallest absolute Gasteiger partial charge is 0.379 e. The first-order chi connectivity index (χ1) is 19.9. The van der Waals surface area contributed by atoms with Gasteiger partial charge in [0, 0.05) is 31.5 Å². The lowest BCUT2D eigenvalue weighted by Gasteiger charge is -2.25. The molecule has 1 saturated heterocycles. The van der Waals surface area contributed by atoms with E-state index in [0.29, 0.717) is 17.9 Å². The zero-order valence-corrected chi connectivity index (χ0v) is 22.5. The average molecular weight is 559 g/mol. The van der Waals surface area contributed by atoms with Crippen molar-refractivity contribution in [3.8, 4) is 17.1 Å². The second kappa shape index (κ2) is 11.3. The predicted octanol–water partition coefficient (Wildman–Crippen LogP) is 5.83. The van der Waals surface area contributed by atoms with Crippen LogP contribution in [0.4, 0.5) is 24.5 Å². The number of para-hydroxylation sites is 2. The van der Waals surface area contributed by atoms with Gasteiger partial charge in [-0.2, -0.15) is 13.2 Å². The van der Waals surface area contributed by atoms with E-state index in [1.807, 2.05) is 60.0 Å². The Hall–Kier alpha value is -4.28. The summed E-state index contributed by atoms with van der Waals surface area (Å²) in [6.07, 6.45) is -2.67. The molecule has 0 amide bonds. The fourth-order valence-electron chi connectivity index (χ4n) is 5.05. The molecule has 0 atom stereocenters. The molecule has 0 bridgehead atoms. The normalized spacial score (nSPS) is 15.1. The first kappa shape index (κ1) is 26.9. The van der Waals surface area contributed by atoms with E-state index in [0.717, 1.165) is 84.1 Å². The molecular formula is C31H29F3N6O. The van der Waals surface area contributed by atoms with Gasteiger partial charge in [-0.05, 0) is 67.6 Å². The Morgan fingerprint density at radius 3 is 2.49 bits per heavy atom. The monoisotopic (exact) mass is 558 g/mol. The number of nitrogens with zero attached hydrogens (tertiary/aromatic N) is 5. The van der Waals surface area contributed by atoms with Crippen molar-refractivity contribution in [3.05, 3.63) is 95.6 Å². The van der Waals surface area contributed by atoms with Crippen LogP contribution in [0.3, 0.4) is 0 Å². The van der Waals surface area contributed by atoms with Crippen molar-refractivity contribution < 1.29 is 17.9 Å². The summed E-state index contributed by atoms with van der Waals surface area (Å²) in [4.78, 5) is 16.6. The third kappa shape index (κ3) is 5.79. The molecule has 3 heterocycles. The number of nitrogens with one attached hydrogen (secondary N) is 1. The molecule has 41 heavy (non-hydrogen) atoms. The number of aryl methyl sites for hydroxylation is 1. The van der Waals surface area contributed by atoms with Crippen LogP contribution in [-0.2, 0) is 10.9 Å². The number of pyridine rings is 1. The number of benzene rings is 3. The summed E-state index contributed by atoms with van der Waals surface area (Å²) in [5, 5.41) is 4.22. The number of anilines is 2. The lowest BCUT2D eigenvalue weighted by Crippen LogP contribution is -2.38. The Morgan fingerprint density at radius 1 is 0.951 bits per heavy atom. The highest BCUT2D eigenvalue weighted by Crippen LogP contribution is 2.33. The summed E-state index contributed by atoms with van der Waals surface area (Å²) in [5.41, 5.74) is 5.31. The standard InChI is InChI=1S/C31H29F3N6O/c1-21-24(6-4-12-35-21)37-27-19-28-30(20-26(27)36-13-14-39-15-17-41-18-16-39)40(29-7-3-2-5-25(29)38-28)23-10-8-22(9-11-23)31(32,33)34/h2-12,19-20,37H,13-18H2,1H3/b36-26+. The average Bonchev–Trinajstić information content (AvgIpc) is 2.97. The molecule has 0 unspecified atom stereocenters. The number of rotatable bonds is 6. The summed E-state index contributed by atoms with van der Waals surface area (Å²) in [7, 11) is 0. The second-order valence-electron chi connectivity index (χ2n) is 9.94. The van der Waals surface area contributed by atoms with Crippen LogP contribution in [0.15, 0.2) is 84.0 Å². The van der Waals surface area contributed by atoms with Crippen LogP contribution in [0.1, 0.15) is 11.3 Å². The fourth-order valence-corrected chi connectivity index (χ4v) is 5.05. The lowest BCUT2D eigenvalue weighted by atomic mass is 10.1. The molecule has 10 heteroatoms. The summed E-state index contributed by atoms with van der Waals surface area (Å²) in [6, 6.07) is 20.5. The molecule has 0 spiro atoms. The Kier molecular flexibility index (Phi) is 7.42. The number of hydrogen-bond donors (Lipinski definition) is 1. The van der Waals surface area contributed by atoms with Crippen molar-refractivity contribution >= 4 is 22.4 Å². The van der Waals surface area contributed by atoms with Crippen LogP contribution in [0.2, 0.25) is 0 Å². The molecule has 1 fully saturated rings. The molecule has 6 rings (SSSR count). The van der Waals surface area contributed by atoms with Crippen LogP contribution in [-0.4, -0.2) is 58.8 Å². The minimum Gasteiger partial charge on any atom is -0.379 e. The molecule has 210 valence electrons. The maximum atomic E-state index is 13.3. The van der Waals surface area contributed by atoms with Crippen LogP contribution < -0.4 is 10.7 Å². The summed E-state index contributed by atoms with van der Waals surface area (Å²) in [5.74, 6) is 0. The highest BCUT2D eigenvalue weighted by molar-refractivity contribution is 5.84. The molecule has 7 nitrogen and oxygen atoms in total. The number of halogens is 3. The summed E-state index contributed by atoms with van der Waals surface area (Å²) >= 11 is 0. The van der Waals surface area contributed by atoms with Gasteiger partial charge in [0.25, 0.3) is 0 Å². The predicted molar refractivity (Wildman–Crippen MR) is 153 cm³/mol. The van der Waals surface area contributed by atoms with E-state index in [9.17, 15) is 13.2 Å². The van der Waals surface area contributed by atoms with Gasteiger partial charge in [0.05, 0.1) is 70.2 Å². The van der Waals surface area contributed by atoms with E-state index in [-0.39, 0.29) is 0 Å². The van der Waals surface area contributed by atoms with Gasteiger partial charge in [-0.1, -0.05) is 12.1 Å². The van der Waals surface area contributed by atoms with Crippen molar-refractivity contribution in [1.82, 2.24) is 19.4 Å². The summed E-state index contributed by atoms with van der Waals surface area (Å²) in [6.45, 7) is 6.48. The molecule has 0 radical (unpaired) electrons. The van der Waals surface area contributed by atoms with Crippen LogP contribution in [0.25, 0.3) is 28.1 Å². The van der Waals surface area contributed by atoms with Crippen molar-refractivity contribution in [2.45, 2.75) is 13.1 Å². The Morgan fingerprint density at radius 2 is 1.73 bits per heavy atom. The van der Waals surface area contributed by atoms with Crippen LogP contribution >= 0.6 is 0 Å². The van der Waals surface area contributed by atoms with Gasteiger partial charge in [0.15, 0.2) is 0 Å².